The molecule has 0 saturated heterocycles. The van der Waals surface area contributed by atoms with Crippen LogP contribution in [0.1, 0.15) is 29.8 Å². The fourth-order valence-electron chi connectivity index (χ4n) is 3.77. The minimum atomic E-state index is 0.824. The number of aryl methyl sites for hydroxylation is 6. The highest BCUT2D eigenvalue weighted by molar-refractivity contribution is 5.61. The Morgan fingerprint density at radius 2 is 1.76 bits per heavy atom. The first-order valence-electron chi connectivity index (χ1n) is 10.1. The first-order chi connectivity index (χ1) is 14.2. The number of imidazole rings is 1. The van der Waals surface area contributed by atoms with Crippen molar-refractivity contribution in [1.29, 1.82) is 0 Å². The molecule has 1 aromatic carbocycles. The molecule has 3 heterocycles. The normalized spacial score (nSPS) is 11.3. The summed E-state index contributed by atoms with van der Waals surface area (Å²) in [5, 5.41) is 12.9. The smallest absolute Gasteiger partial charge is 0.134 e. The third kappa shape index (κ3) is 4.13. The summed E-state index contributed by atoms with van der Waals surface area (Å²) >= 11 is 0. The Labute approximate surface area is 171 Å². The topological polar surface area (TPSA) is 66.3 Å². The lowest BCUT2D eigenvalue weighted by Crippen LogP contribution is -2.12. The molecular formula is C22H27N7. The van der Waals surface area contributed by atoms with E-state index < -0.39 is 0 Å². The van der Waals surface area contributed by atoms with Crippen molar-refractivity contribution in [3.8, 4) is 11.3 Å². The van der Waals surface area contributed by atoms with Gasteiger partial charge in [0.25, 0.3) is 0 Å². The van der Waals surface area contributed by atoms with Crippen molar-refractivity contribution in [1.82, 2.24) is 34.1 Å². The molecule has 0 fully saturated rings. The van der Waals surface area contributed by atoms with E-state index in [0.717, 1.165) is 55.3 Å². The maximum absolute atomic E-state index is 4.76. The molecule has 0 saturated carbocycles. The molecule has 7 nitrogen and oxygen atoms in total. The van der Waals surface area contributed by atoms with Gasteiger partial charge in [0.1, 0.15) is 12.2 Å². The fraction of sp³-hybridized carbons (Fsp3) is 0.364. The van der Waals surface area contributed by atoms with Crippen LogP contribution in [0.15, 0.2) is 49.1 Å². The molecule has 0 unspecified atom stereocenters. The van der Waals surface area contributed by atoms with Gasteiger partial charge >= 0.3 is 0 Å². The van der Waals surface area contributed by atoms with Crippen molar-refractivity contribution < 1.29 is 0 Å². The molecule has 0 N–H and O–H groups in total. The summed E-state index contributed by atoms with van der Waals surface area (Å²) in [6, 6.07) is 12.5. The summed E-state index contributed by atoms with van der Waals surface area (Å²) in [7, 11) is 0. The number of hydrogen-bond donors (Lipinski definition) is 0. The Morgan fingerprint density at radius 3 is 2.48 bits per heavy atom. The van der Waals surface area contributed by atoms with E-state index in [1.165, 1.54) is 11.4 Å². The molecule has 7 heteroatoms. The van der Waals surface area contributed by atoms with Crippen LogP contribution in [-0.4, -0.2) is 34.1 Å². The Hall–Kier alpha value is -3.22. The van der Waals surface area contributed by atoms with Crippen molar-refractivity contribution in [3.63, 3.8) is 0 Å². The van der Waals surface area contributed by atoms with Gasteiger partial charge in [-0.05, 0) is 26.8 Å². The van der Waals surface area contributed by atoms with Crippen LogP contribution in [0.5, 0.6) is 0 Å². The van der Waals surface area contributed by atoms with E-state index >= 15 is 0 Å². The molecule has 4 rings (SSSR count). The lowest BCUT2D eigenvalue weighted by atomic mass is 10.1. The number of benzene rings is 1. The maximum atomic E-state index is 4.76. The SMILES string of the molecule is CCn1cnnc1CCn1cnc(-c2ccccc2)c1CCn1nc(C)cc1C. The minimum absolute atomic E-state index is 0.824. The lowest BCUT2D eigenvalue weighted by molar-refractivity contribution is 0.558. The van der Waals surface area contributed by atoms with Crippen LogP contribution in [0, 0.1) is 13.8 Å². The van der Waals surface area contributed by atoms with E-state index in [2.05, 4.69) is 73.3 Å². The van der Waals surface area contributed by atoms with Gasteiger partial charge in [0.15, 0.2) is 0 Å². The second-order valence-electron chi connectivity index (χ2n) is 7.28. The van der Waals surface area contributed by atoms with Crippen LogP contribution in [0.3, 0.4) is 0 Å². The van der Waals surface area contributed by atoms with Gasteiger partial charge in [-0.25, -0.2) is 4.98 Å². The van der Waals surface area contributed by atoms with E-state index in [1.807, 2.05) is 19.3 Å². The molecule has 0 atom stereocenters. The summed E-state index contributed by atoms with van der Waals surface area (Å²) in [6.07, 6.45) is 5.44. The average Bonchev–Trinajstić information content (AvgIpc) is 3.43. The first kappa shape index (κ1) is 19.1. The highest BCUT2D eigenvalue weighted by atomic mass is 15.3. The molecule has 0 spiro atoms. The molecule has 0 aliphatic heterocycles. The van der Waals surface area contributed by atoms with Gasteiger partial charge in [-0.3, -0.25) is 4.68 Å². The summed E-state index contributed by atoms with van der Waals surface area (Å²) in [4.78, 5) is 4.76. The van der Waals surface area contributed by atoms with E-state index in [9.17, 15) is 0 Å². The van der Waals surface area contributed by atoms with E-state index in [0.29, 0.717) is 0 Å². The van der Waals surface area contributed by atoms with E-state index in [-0.39, 0.29) is 0 Å². The van der Waals surface area contributed by atoms with Gasteiger partial charge in [-0.15, -0.1) is 10.2 Å². The number of nitrogens with zero attached hydrogens (tertiary/aromatic N) is 7. The molecule has 0 aliphatic carbocycles. The van der Waals surface area contributed by atoms with Crippen molar-refractivity contribution in [2.75, 3.05) is 0 Å². The first-order valence-corrected chi connectivity index (χ1v) is 10.1. The third-order valence-electron chi connectivity index (χ3n) is 5.27. The molecule has 4 aromatic rings. The van der Waals surface area contributed by atoms with Crippen LogP contribution < -0.4 is 0 Å². The zero-order valence-electron chi connectivity index (χ0n) is 17.3. The van der Waals surface area contributed by atoms with E-state index in [1.54, 1.807) is 6.33 Å². The molecule has 0 aliphatic rings. The summed E-state index contributed by atoms with van der Waals surface area (Å²) < 4.78 is 6.42. The Morgan fingerprint density at radius 1 is 0.931 bits per heavy atom. The molecule has 0 amide bonds. The minimum Gasteiger partial charge on any atom is -0.333 e. The van der Waals surface area contributed by atoms with Gasteiger partial charge in [0.05, 0.1) is 17.7 Å². The number of hydrogen-bond acceptors (Lipinski definition) is 4. The lowest BCUT2D eigenvalue weighted by Gasteiger charge is -2.12. The molecule has 0 radical (unpaired) electrons. The number of aromatic nitrogens is 7. The Balaban J connectivity index is 1.60. The fourth-order valence-corrected chi connectivity index (χ4v) is 3.77. The molecular weight excluding hydrogens is 362 g/mol. The molecule has 3 aromatic heterocycles. The maximum Gasteiger partial charge on any atom is 0.134 e. The monoisotopic (exact) mass is 389 g/mol. The van der Waals surface area contributed by atoms with Crippen LogP contribution in [0.2, 0.25) is 0 Å². The predicted octanol–water partition coefficient (Wildman–Crippen LogP) is 3.46. The van der Waals surface area contributed by atoms with E-state index in [4.69, 9.17) is 4.98 Å². The van der Waals surface area contributed by atoms with Crippen LogP contribution >= 0.6 is 0 Å². The molecule has 150 valence electrons. The zero-order chi connectivity index (χ0) is 20.2. The highest BCUT2D eigenvalue weighted by Gasteiger charge is 2.15. The second kappa shape index (κ2) is 8.43. The average molecular weight is 390 g/mol. The van der Waals surface area contributed by atoms with Gasteiger partial charge in [-0.2, -0.15) is 5.10 Å². The molecule has 0 bridgehead atoms. The van der Waals surface area contributed by atoms with Crippen molar-refractivity contribution in [2.45, 2.75) is 53.2 Å². The van der Waals surface area contributed by atoms with Crippen molar-refractivity contribution in [2.24, 2.45) is 0 Å². The van der Waals surface area contributed by atoms with Gasteiger partial charge in [-0.1, -0.05) is 30.3 Å². The standard InChI is InChI=1S/C22H27N7/c1-4-27-16-24-25-21(27)11-12-28-15-23-22(19-8-6-5-7-9-19)20(28)10-13-29-18(3)14-17(2)26-29/h5-9,14-16H,4,10-13H2,1-3H3. The van der Waals surface area contributed by atoms with Crippen molar-refractivity contribution in [3.05, 3.63) is 72.0 Å². The Bertz CT molecular complexity index is 1070. The largest absolute Gasteiger partial charge is 0.333 e. The third-order valence-corrected chi connectivity index (χ3v) is 5.27. The van der Waals surface area contributed by atoms with Crippen LogP contribution in [0.25, 0.3) is 11.3 Å². The predicted molar refractivity (Wildman–Crippen MR) is 112 cm³/mol. The highest BCUT2D eigenvalue weighted by Crippen LogP contribution is 2.23. The summed E-state index contributed by atoms with van der Waals surface area (Å²) in [6.45, 7) is 8.78. The molecule has 29 heavy (non-hydrogen) atoms. The van der Waals surface area contributed by atoms with Gasteiger partial charge in [0.2, 0.25) is 0 Å². The quantitative estimate of drug-likeness (QED) is 0.463. The van der Waals surface area contributed by atoms with Gasteiger partial charge in [0, 0.05) is 49.4 Å². The Kier molecular flexibility index (Phi) is 5.55. The number of rotatable bonds is 8. The van der Waals surface area contributed by atoms with Gasteiger partial charge < -0.3 is 9.13 Å². The van der Waals surface area contributed by atoms with Crippen LogP contribution in [0.4, 0.5) is 0 Å². The van der Waals surface area contributed by atoms with Crippen LogP contribution in [-0.2, 0) is 32.5 Å². The zero-order valence-corrected chi connectivity index (χ0v) is 17.3. The summed E-state index contributed by atoms with van der Waals surface area (Å²) in [5.74, 6) is 1.01. The summed E-state index contributed by atoms with van der Waals surface area (Å²) in [5.41, 5.74) is 5.66. The second-order valence-corrected chi connectivity index (χ2v) is 7.28. The van der Waals surface area contributed by atoms with Crippen molar-refractivity contribution >= 4 is 0 Å².